The van der Waals surface area contributed by atoms with Crippen LogP contribution >= 0.6 is 11.3 Å². The van der Waals surface area contributed by atoms with Crippen LogP contribution in [0.2, 0.25) is 0 Å². The molecule has 0 saturated carbocycles. The molecule has 2 saturated heterocycles. The number of carbonyl (C=O) groups excluding carboxylic acids is 2. The summed E-state index contributed by atoms with van der Waals surface area (Å²) in [6, 6.07) is 8.20. The molecule has 1 atom stereocenters. The van der Waals surface area contributed by atoms with E-state index in [1.165, 1.54) is 16.9 Å². The van der Waals surface area contributed by atoms with E-state index in [4.69, 9.17) is 4.98 Å². The fourth-order valence-corrected chi connectivity index (χ4v) is 6.45. The molecule has 4 heterocycles. The van der Waals surface area contributed by atoms with E-state index in [1.54, 1.807) is 11.8 Å². The van der Waals surface area contributed by atoms with Crippen LogP contribution < -0.4 is 10.2 Å². The molecule has 3 amide bonds. The smallest absolute Gasteiger partial charge is 0.322 e. The summed E-state index contributed by atoms with van der Waals surface area (Å²) in [6.45, 7) is 7.07. The Morgan fingerprint density at radius 3 is 2.74 bits per heavy atom. The van der Waals surface area contributed by atoms with Gasteiger partial charge in [0.15, 0.2) is 5.13 Å². The third kappa shape index (κ3) is 4.63. The second-order valence-electron chi connectivity index (χ2n) is 9.99. The molecule has 5 rings (SSSR count). The molecule has 1 aromatic carbocycles. The van der Waals surface area contributed by atoms with E-state index in [9.17, 15) is 14.7 Å². The van der Waals surface area contributed by atoms with Crippen LogP contribution in [0.1, 0.15) is 53.5 Å². The maximum atomic E-state index is 13.1. The number of hydrogen-bond donors (Lipinski definition) is 2. The van der Waals surface area contributed by atoms with Gasteiger partial charge >= 0.3 is 6.03 Å². The molecule has 0 aliphatic carbocycles. The van der Waals surface area contributed by atoms with Gasteiger partial charge in [0.05, 0.1) is 11.3 Å². The average molecular weight is 484 g/mol. The van der Waals surface area contributed by atoms with Crippen LogP contribution in [-0.4, -0.2) is 76.2 Å². The Balaban J connectivity index is 1.22. The molecular formula is C25H33N5O3S. The Bertz CT molecular complexity index is 1080. The minimum absolute atomic E-state index is 0.0150. The zero-order valence-electron chi connectivity index (χ0n) is 19.9. The number of aliphatic hydroxyl groups is 1. The van der Waals surface area contributed by atoms with Crippen LogP contribution in [0.4, 0.5) is 15.6 Å². The number of thiazole rings is 1. The van der Waals surface area contributed by atoms with E-state index >= 15 is 0 Å². The monoisotopic (exact) mass is 483 g/mol. The van der Waals surface area contributed by atoms with Crippen LogP contribution in [0.5, 0.6) is 0 Å². The summed E-state index contributed by atoms with van der Waals surface area (Å²) in [4.78, 5) is 37.4. The lowest BCUT2D eigenvalue weighted by molar-refractivity contribution is -0.0106. The van der Waals surface area contributed by atoms with Crippen LogP contribution in [0.25, 0.3) is 0 Å². The largest absolute Gasteiger partial charge is 0.388 e. The van der Waals surface area contributed by atoms with Crippen molar-refractivity contribution in [3.8, 4) is 0 Å². The van der Waals surface area contributed by atoms with Gasteiger partial charge in [0, 0.05) is 44.5 Å². The second-order valence-corrected chi connectivity index (χ2v) is 11.0. The number of rotatable bonds is 3. The maximum absolute atomic E-state index is 13.1. The molecule has 34 heavy (non-hydrogen) atoms. The molecule has 2 fully saturated rings. The highest BCUT2D eigenvalue weighted by atomic mass is 32.1. The average Bonchev–Trinajstić information content (AvgIpc) is 3.12. The molecule has 2 N–H and O–H groups in total. The fraction of sp³-hybridized carbons (Fsp3) is 0.560. The summed E-state index contributed by atoms with van der Waals surface area (Å²) in [5.74, 6) is -0.0306. The predicted molar refractivity (Wildman–Crippen MR) is 134 cm³/mol. The van der Waals surface area contributed by atoms with Gasteiger partial charge < -0.3 is 25.1 Å². The minimum atomic E-state index is -0.821. The molecule has 0 bridgehead atoms. The molecule has 1 unspecified atom stereocenters. The quantitative estimate of drug-likeness (QED) is 0.698. The summed E-state index contributed by atoms with van der Waals surface area (Å²) in [5.41, 5.74) is 2.03. The lowest BCUT2D eigenvalue weighted by Gasteiger charge is -2.38. The van der Waals surface area contributed by atoms with Crippen molar-refractivity contribution < 1.29 is 14.7 Å². The number of aromatic nitrogens is 1. The molecule has 0 radical (unpaired) electrons. The summed E-state index contributed by atoms with van der Waals surface area (Å²) in [7, 11) is 0. The van der Waals surface area contributed by atoms with Crippen LogP contribution in [0.15, 0.2) is 24.3 Å². The number of amides is 3. The number of likely N-dealkylation sites (tertiary alicyclic amines) is 1. The normalized spacial score (nSPS) is 24.0. The predicted octanol–water partition coefficient (Wildman–Crippen LogP) is 3.50. The van der Waals surface area contributed by atoms with E-state index in [0.717, 1.165) is 68.3 Å². The number of nitrogens with one attached hydrogen (secondary N) is 1. The van der Waals surface area contributed by atoms with Gasteiger partial charge in [-0.3, -0.25) is 4.79 Å². The fourth-order valence-electron chi connectivity index (χ4n) is 5.36. The number of nitrogens with zero attached hydrogens (tertiary/aromatic N) is 4. The summed E-state index contributed by atoms with van der Waals surface area (Å²) < 4.78 is 0. The zero-order chi connectivity index (χ0) is 23.9. The molecule has 2 aromatic rings. The molecule has 0 spiro atoms. The highest BCUT2D eigenvalue weighted by molar-refractivity contribution is 7.17. The Morgan fingerprint density at radius 1 is 1.21 bits per heavy atom. The van der Waals surface area contributed by atoms with Gasteiger partial charge in [0.2, 0.25) is 0 Å². The number of benzene rings is 1. The number of hydrogen-bond acceptors (Lipinski definition) is 6. The van der Waals surface area contributed by atoms with Gasteiger partial charge in [-0.2, -0.15) is 0 Å². The lowest BCUT2D eigenvalue weighted by Crippen LogP contribution is -2.49. The number of carbonyl (C=O) groups is 2. The molecule has 3 aliphatic heterocycles. The van der Waals surface area contributed by atoms with Crippen molar-refractivity contribution in [2.24, 2.45) is 0 Å². The molecule has 8 nitrogen and oxygen atoms in total. The first kappa shape index (κ1) is 23.1. The van der Waals surface area contributed by atoms with Crippen molar-refractivity contribution in [3.05, 3.63) is 40.4 Å². The van der Waals surface area contributed by atoms with Crippen molar-refractivity contribution in [2.45, 2.75) is 57.6 Å². The first-order chi connectivity index (χ1) is 16.3. The lowest BCUT2D eigenvalue weighted by atomic mass is 9.95. The van der Waals surface area contributed by atoms with Crippen LogP contribution in [-0.2, 0) is 6.42 Å². The van der Waals surface area contributed by atoms with Gasteiger partial charge in [-0.1, -0.05) is 29.5 Å². The van der Waals surface area contributed by atoms with E-state index in [-0.39, 0.29) is 18.0 Å². The van der Waals surface area contributed by atoms with E-state index in [0.29, 0.717) is 18.0 Å². The highest BCUT2D eigenvalue weighted by Gasteiger charge is 2.34. The summed E-state index contributed by atoms with van der Waals surface area (Å²) >= 11 is 1.45. The molecule has 1 aromatic heterocycles. The SMILES string of the molecule is Cc1nc(N2CCC(N3CCc4ccccc4NC3=O)CC2)sc1C(=O)N1CCCC(C)(O)C1. The standard InChI is InChI=1S/C25H33N5O3S/c1-17-21(22(31)29-12-5-11-25(2,33)16-29)34-24(26-17)28-13-9-19(10-14-28)30-15-8-18-6-3-4-7-20(18)27-23(30)32/h3-4,6-7,19,33H,5,8-16H2,1-2H3,(H,27,32). The van der Waals surface area contributed by atoms with Gasteiger partial charge in [-0.05, 0) is 57.6 Å². The van der Waals surface area contributed by atoms with Gasteiger partial charge in [0.25, 0.3) is 5.91 Å². The third-order valence-electron chi connectivity index (χ3n) is 7.26. The van der Waals surface area contributed by atoms with Crippen LogP contribution in [0.3, 0.4) is 0 Å². The van der Waals surface area contributed by atoms with Crippen molar-refractivity contribution in [2.75, 3.05) is 42.9 Å². The second kappa shape index (κ2) is 9.19. The van der Waals surface area contributed by atoms with Gasteiger partial charge in [-0.15, -0.1) is 0 Å². The van der Waals surface area contributed by atoms with Crippen molar-refractivity contribution in [3.63, 3.8) is 0 Å². The first-order valence-corrected chi connectivity index (χ1v) is 13.0. The minimum Gasteiger partial charge on any atom is -0.388 e. The number of β-amino-alcohol motifs (C(OH)–C–C–N with tert-alkyl or cyclic N) is 1. The van der Waals surface area contributed by atoms with Crippen molar-refractivity contribution in [1.29, 1.82) is 0 Å². The summed E-state index contributed by atoms with van der Waals surface area (Å²) in [5, 5.41) is 14.3. The van der Waals surface area contributed by atoms with Gasteiger partial charge in [0.1, 0.15) is 4.88 Å². The molecule has 9 heteroatoms. The number of anilines is 2. The van der Waals surface area contributed by atoms with E-state index in [2.05, 4.69) is 16.3 Å². The zero-order valence-corrected chi connectivity index (χ0v) is 20.7. The Labute approximate surface area is 204 Å². The maximum Gasteiger partial charge on any atom is 0.322 e. The van der Waals surface area contributed by atoms with Crippen molar-refractivity contribution in [1.82, 2.24) is 14.8 Å². The first-order valence-electron chi connectivity index (χ1n) is 12.2. The molecule has 3 aliphatic rings. The number of aryl methyl sites for hydroxylation is 1. The number of piperidine rings is 2. The van der Waals surface area contributed by atoms with Crippen LogP contribution in [0, 0.1) is 6.92 Å². The Hall–Kier alpha value is -2.65. The van der Waals surface area contributed by atoms with Gasteiger partial charge in [-0.25, -0.2) is 9.78 Å². The van der Waals surface area contributed by atoms with Crippen molar-refractivity contribution >= 4 is 34.1 Å². The Kier molecular flexibility index (Phi) is 6.24. The number of urea groups is 1. The topological polar surface area (TPSA) is 89.0 Å². The number of fused-ring (bicyclic) bond motifs is 1. The number of para-hydroxylation sites is 1. The third-order valence-corrected chi connectivity index (χ3v) is 8.47. The Morgan fingerprint density at radius 2 is 1.97 bits per heavy atom. The molecular weight excluding hydrogens is 450 g/mol. The van der Waals surface area contributed by atoms with E-state index in [1.807, 2.05) is 30.0 Å². The molecule has 182 valence electrons. The summed E-state index contributed by atoms with van der Waals surface area (Å²) in [6.07, 6.45) is 4.14. The highest BCUT2D eigenvalue weighted by Crippen LogP contribution is 2.32. The van der Waals surface area contributed by atoms with E-state index < -0.39 is 5.60 Å².